The molecule has 0 saturated heterocycles. The molecule has 5 heteroatoms. The molecule has 0 aliphatic carbocycles. The van der Waals surface area contributed by atoms with Crippen LogP contribution in [0.4, 0.5) is 5.69 Å². The van der Waals surface area contributed by atoms with Crippen molar-refractivity contribution in [2.45, 2.75) is 13.5 Å². The van der Waals surface area contributed by atoms with Crippen LogP contribution < -0.4 is 10.9 Å². The zero-order chi connectivity index (χ0) is 16.9. The van der Waals surface area contributed by atoms with Crippen molar-refractivity contribution in [2.75, 3.05) is 11.9 Å². The predicted octanol–water partition coefficient (Wildman–Crippen LogP) is 3.58. The Bertz CT molecular complexity index is 913. The zero-order valence-electron chi connectivity index (χ0n) is 13.2. The quantitative estimate of drug-likeness (QED) is 0.574. The number of benzene rings is 2. The maximum absolute atomic E-state index is 12.0. The Kier molecular flexibility index (Phi) is 4.61. The summed E-state index contributed by atoms with van der Waals surface area (Å²) < 4.78 is 10.2. The van der Waals surface area contributed by atoms with Crippen LogP contribution in [0.2, 0.25) is 0 Å². The Balaban J connectivity index is 1.73. The highest BCUT2D eigenvalue weighted by Crippen LogP contribution is 2.15. The van der Waals surface area contributed by atoms with Crippen LogP contribution in [0.15, 0.2) is 63.8 Å². The molecule has 0 spiro atoms. The first-order chi connectivity index (χ1) is 11.7. The third-order valence-electron chi connectivity index (χ3n) is 3.59. The van der Waals surface area contributed by atoms with Gasteiger partial charge in [0.05, 0.1) is 17.7 Å². The second-order valence-corrected chi connectivity index (χ2v) is 5.25. The fourth-order valence-corrected chi connectivity index (χ4v) is 2.36. The minimum absolute atomic E-state index is 0.339. The standard InChI is InChI=1S/C19H17NO4/c1-2-23-18(21)13-7-9-16(10-8-13)20-12-15-11-14-5-3-4-6-17(14)24-19(15)22/h3-11,20H,2,12H2,1H3. The summed E-state index contributed by atoms with van der Waals surface area (Å²) in [6.45, 7) is 2.45. The number of ether oxygens (including phenoxy) is 1. The van der Waals surface area contributed by atoms with Gasteiger partial charge in [-0.25, -0.2) is 9.59 Å². The first-order valence-electron chi connectivity index (χ1n) is 7.70. The van der Waals surface area contributed by atoms with E-state index in [0.717, 1.165) is 11.1 Å². The molecule has 1 N–H and O–H groups in total. The van der Waals surface area contributed by atoms with E-state index in [-0.39, 0.29) is 11.6 Å². The van der Waals surface area contributed by atoms with Crippen LogP contribution in [0.3, 0.4) is 0 Å². The number of hydrogen-bond donors (Lipinski definition) is 1. The van der Waals surface area contributed by atoms with Crippen molar-refractivity contribution in [1.29, 1.82) is 0 Å². The van der Waals surface area contributed by atoms with Gasteiger partial charge in [0.2, 0.25) is 0 Å². The van der Waals surface area contributed by atoms with E-state index in [1.54, 1.807) is 37.3 Å². The molecule has 3 aromatic rings. The zero-order valence-corrected chi connectivity index (χ0v) is 13.2. The molecule has 0 amide bonds. The predicted molar refractivity (Wildman–Crippen MR) is 92.2 cm³/mol. The summed E-state index contributed by atoms with van der Waals surface area (Å²) >= 11 is 0. The number of para-hydroxylation sites is 1. The van der Waals surface area contributed by atoms with Gasteiger partial charge in [-0.2, -0.15) is 0 Å². The number of carbonyl (C=O) groups excluding carboxylic acids is 1. The lowest BCUT2D eigenvalue weighted by atomic mass is 10.1. The number of rotatable bonds is 5. The first-order valence-corrected chi connectivity index (χ1v) is 7.70. The molecule has 0 saturated carbocycles. The van der Waals surface area contributed by atoms with Crippen LogP contribution in [-0.4, -0.2) is 12.6 Å². The summed E-state index contributed by atoms with van der Waals surface area (Å²) in [5.74, 6) is -0.348. The lowest BCUT2D eigenvalue weighted by Crippen LogP contribution is -2.12. The average Bonchev–Trinajstić information content (AvgIpc) is 2.60. The normalized spacial score (nSPS) is 10.5. The second-order valence-electron chi connectivity index (χ2n) is 5.25. The van der Waals surface area contributed by atoms with Gasteiger partial charge in [0.15, 0.2) is 0 Å². The summed E-state index contributed by atoms with van der Waals surface area (Å²) in [5.41, 5.74) is 2.06. The monoisotopic (exact) mass is 323 g/mol. The summed E-state index contributed by atoms with van der Waals surface area (Å²) in [6.07, 6.45) is 0. The summed E-state index contributed by atoms with van der Waals surface area (Å²) in [4.78, 5) is 23.6. The fraction of sp³-hybridized carbons (Fsp3) is 0.158. The van der Waals surface area contributed by atoms with E-state index in [1.807, 2.05) is 24.3 Å². The average molecular weight is 323 g/mol. The van der Waals surface area contributed by atoms with Gasteiger partial charge in [0, 0.05) is 17.6 Å². The van der Waals surface area contributed by atoms with Gasteiger partial charge in [0.25, 0.3) is 0 Å². The fourth-order valence-electron chi connectivity index (χ4n) is 2.36. The lowest BCUT2D eigenvalue weighted by molar-refractivity contribution is 0.0526. The molecule has 0 fully saturated rings. The molecule has 0 unspecified atom stereocenters. The van der Waals surface area contributed by atoms with Gasteiger partial charge >= 0.3 is 11.6 Å². The molecule has 1 heterocycles. The van der Waals surface area contributed by atoms with Crippen molar-refractivity contribution in [3.63, 3.8) is 0 Å². The molecule has 122 valence electrons. The second kappa shape index (κ2) is 7.00. The number of esters is 1. The molecular weight excluding hydrogens is 306 g/mol. The van der Waals surface area contributed by atoms with Crippen molar-refractivity contribution in [3.05, 3.63) is 76.1 Å². The van der Waals surface area contributed by atoms with Gasteiger partial charge in [0.1, 0.15) is 5.58 Å². The molecule has 0 aliphatic rings. The van der Waals surface area contributed by atoms with E-state index in [1.165, 1.54) is 0 Å². The van der Waals surface area contributed by atoms with Crippen molar-refractivity contribution < 1.29 is 13.9 Å². The van der Waals surface area contributed by atoms with E-state index in [9.17, 15) is 9.59 Å². The molecule has 1 aromatic heterocycles. The van der Waals surface area contributed by atoms with Crippen LogP contribution in [0.25, 0.3) is 11.0 Å². The van der Waals surface area contributed by atoms with Crippen molar-refractivity contribution in [3.8, 4) is 0 Å². The van der Waals surface area contributed by atoms with Gasteiger partial charge in [-0.1, -0.05) is 18.2 Å². The molecule has 0 radical (unpaired) electrons. The van der Waals surface area contributed by atoms with Crippen molar-refractivity contribution in [2.24, 2.45) is 0 Å². The van der Waals surface area contributed by atoms with Crippen LogP contribution in [0.5, 0.6) is 0 Å². The first kappa shape index (κ1) is 15.8. The Morgan fingerprint density at radius 2 is 1.88 bits per heavy atom. The van der Waals surface area contributed by atoms with Crippen molar-refractivity contribution >= 4 is 22.6 Å². The van der Waals surface area contributed by atoms with E-state index in [2.05, 4.69) is 5.32 Å². The lowest BCUT2D eigenvalue weighted by Gasteiger charge is -2.07. The van der Waals surface area contributed by atoms with E-state index in [4.69, 9.17) is 9.15 Å². The Labute approximate surface area is 138 Å². The molecule has 3 rings (SSSR count). The molecule has 24 heavy (non-hydrogen) atoms. The number of carbonyl (C=O) groups is 1. The summed E-state index contributed by atoms with van der Waals surface area (Å²) in [5, 5.41) is 4.03. The molecule has 0 bridgehead atoms. The molecule has 2 aromatic carbocycles. The highest BCUT2D eigenvalue weighted by Gasteiger charge is 2.07. The van der Waals surface area contributed by atoms with Gasteiger partial charge in [-0.15, -0.1) is 0 Å². The van der Waals surface area contributed by atoms with Crippen LogP contribution in [0.1, 0.15) is 22.8 Å². The Hall–Kier alpha value is -3.08. The van der Waals surface area contributed by atoms with E-state index >= 15 is 0 Å². The van der Waals surface area contributed by atoms with Crippen molar-refractivity contribution in [1.82, 2.24) is 0 Å². The van der Waals surface area contributed by atoms with Crippen LogP contribution >= 0.6 is 0 Å². The maximum atomic E-state index is 12.0. The number of anilines is 1. The number of fused-ring (bicyclic) bond motifs is 1. The van der Waals surface area contributed by atoms with E-state index < -0.39 is 0 Å². The highest BCUT2D eigenvalue weighted by atomic mass is 16.5. The Morgan fingerprint density at radius 3 is 2.62 bits per heavy atom. The summed E-state index contributed by atoms with van der Waals surface area (Å²) in [6, 6.07) is 16.1. The third-order valence-corrected chi connectivity index (χ3v) is 3.59. The van der Waals surface area contributed by atoms with Gasteiger partial charge in [-0.3, -0.25) is 0 Å². The van der Waals surface area contributed by atoms with Crippen LogP contribution in [-0.2, 0) is 11.3 Å². The third kappa shape index (κ3) is 3.46. The SMILES string of the molecule is CCOC(=O)c1ccc(NCc2cc3ccccc3oc2=O)cc1. The number of nitrogens with one attached hydrogen (secondary N) is 1. The molecular formula is C19H17NO4. The smallest absolute Gasteiger partial charge is 0.341 e. The molecule has 0 atom stereocenters. The highest BCUT2D eigenvalue weighted by molar-refractivity contribution is 5.89. The van der Waals surface area contributed by atoms with E-state index in [0.29, 0.717) is 29.9 Å². The minimum atomic E-state index is -0.357. The molecule has 0 aliphatic heterocycles. The largest absolute Gasteiger partial charge is 0.462 e. The van der Waals surface area contributed by atoms with Gasteiger partial charge in [-0.05, 0) is 43.3 Å². The van der Waals surface area contributed by atoms with Gasteiger partial charge < -0.3 is 14.5 Å². The van der Waals surface area contributed by atoms with Crippen LogP contribution in [0, 0.1) is 0 Å². The topological polar surface area (TPSA) is 68.5 Å². The number of hydrogen-bond acceptors (Lipinski definition) is 5. The summed E-state index contributed by atoms with van der Waals surface area (Å²) in [7, 11) is 0. The molecule has 5 nitrogen and oxygen atoms in total. The Morgan fingerprint density at radius 1 is 1.12 bits per heavy atom. The minimum Gasteiger partial charge on any atom is -0.462 e. The maximum Gasteiger partial charge on any atom is 0.341 e.